The van der Waals surface area contributed by atoms with Crippen molar-refractivity contribution >= 4 is 0 Å². The Hall–Kier alpha value is -1.04. The van der Waals surface area contributed by atoms with E-state index in [2.05, 4.69) is 56.3 Å². The molecular formula is C20H32. The molecule has 20 heavy (non-hydrogen) atoms. The lowest BCUT2D eigenvalue weighted by Gasteiger charge is -2.06. The lowest BCUT2D eigenvalue weighted by Crippen LogP contribution is -1.91. The molecule has 1 aromatic rings. The Morgan fingerprint density at radius 2 is 1.55 bits per heavy atom. The first-order valence-electron chi connectivity index (χ1n) is 8.53. The summed E-state index contributed by atoms with van der Waals surface area (Å²) in [7, 11) is 0. The third-order valence-electron chi connectivity index (χ3n) is 3.92. The number of allylic oxidation sites excluding steroid dienone is 2. The van der Waals surface area contributed by atoms with Crippen molar-refractivity contribution in [3.63, 3.8) is 0 Å². The number of unbranched alkanes of at least 4 members (excludes halogenated alkanes) is 6. The molecule has 0 aliphatic heterocycles. The molecule has 0 nitrogen and oxygen atoms in total. The largest absolute Gasteiger partial charge is 0.0854 e. The Kier molecular flexibility index (Phi) is 10.0. The van der Waals surface area contributed by atoms with Gasteiger partial charge in [-0.1, -0.05) is 101 Å². The van der Waals surface area contributed by atoms with Gasteiger partial charge in [-0.15, -0.1) is 0 Å². The van der Waals surface area contributed by atoms with Gasteiger partial charge in [0.2, 0.25) is 0 Å². The molecule has 0 N–H and O–H groups in total. The lowest BCUT2D eigenvalue weighted by molar-refractivity contribution is 0.537. The van der Waals surface area contributed by atoms with E-state index in [0.717, 1.165) is 12.3 Å². The van der Waals surface area contributed by atoms with E-state index in [1.165, 1.54) is 56.9 Å². The van der Waals surface area contributed by atoms with E-state index in [1.54, 1.807) is 0 Å². The molecule has 1 atom stereocenters. The monoisotopic (exact) mass is 272 g/mol. The molecule has 0 aliphatic carbocycles. The van der Waals surface area contributed by atoms with Gasteiger partial charge >= 0.3 is 0 Å². The van der Waals surface area contributed by atoms with Crippen molar-refractivity contribution in [2.24, 2.45) is 5.92 Å². The third-order valence-corrected chi connectivity index (χ3v) is 3.92. The van der Waals surface area contributed by atoms with Gasteiger partial charge in [-0.05, 0) is 24.3 Å². The second-order valence-corrected chi connectivity index (χ2v) is 6.01. The maximum atomic E-state index is 2.39. The zero-order chi connectivity index (χ0) is 14.5. The van der Waals surface area contributed by atoms with E-state index in [9.17, 15) is 0 Å². The highest BCUT2D eigenvalue weighted by molar-refractivity contribution is 5.17. The average molecular weight is 272 g/mol. The molecule has 1 unspecified atom stereocenters. The van der Waals surface area contributed by atoms with Crippen LogP contribution in [0.3, 0.4) is 0 Å². The average Bonchev–Trinajstić information content (AvgIpc) is 2.47. The van der Waals surface area contributed by atoms with Crippen LogP contribution in [0, 0.1) is 5.92 Å². The van der Waals surface area contributed by atoms with Gasteiger partial charge in [0.05, 0.1) is 0 Å². The topological polar surface area (TPSA) is 0 Å². The summed E-state index contributed by atoms with van der Waals surface area (Å²) in [6.07, 6.45) is 17.0. The van der Waals surface area contributed by atoms with E-state index >= 15 is 0 Å². The standard InChI is InChI=1S/C20H32/c1-3-4-5-6-7-8-10-14-19(2)15-13-18-20-16-11-9-12-17-20/h9,11-13,15-17,19H,3-8,10,14,18H2,1-2H3. The first-order chi connectivity index (χ1) is 9.83. The molecule has 0 heteroatoms. The molecule has 1 rings (SSSR count). The molecule has 0 radical (unpaired) electrons. The predicted molar refractivity (Wildman–Crippen MR) is 91.1 cm³/mol. The number of hydrogen-bond donors (Lipinski definition) is 0. The molecule has 0 saturated heterocycles. The molecule has 0 heterocycles. The van der Waals surface area contributed by atoms with Crippen molar-refractivity contribution in [1.29, 1.82) is 0 Å². The highest BCUT2D eigenvalue weighted by Crippen LogP contribution is 2.14. The maximum absolute atomic E-state index is 2.39. The predicted octanol–water partition coefficient (Wildman–Crippen LogP) is 6.56. The third kappa shape index (κ3) is 8.96. The second-order valence-electron chi connectivity index (χ2n) is 6.01. The van der Waals surface area contributed by atoms with Crippen LogP contribution >= 0.6 is 0 Å². The van der Waals surface area contributed by atoms with Crippen LogP contribution in [0.25, 0.3) is 0 Å². The quantitative estimate of drug-likeness (QED) is 0.316. The van der Waals surface area contributed by atoms with Crippen molar-refractivity contribution in [2.75, 3.05) is 0 Å². The van der Waals surface area contributed by atoms with Gasteiger partial charge in [-0.3, -0.25) is 0 Å². The summed E-state index contributed by atoms with van der Waals surface area (Å²) >= 11 is 0. The van der Waals surface area contributed by atoms with Crippen LogP contribution in [0.4, 0.5) is 0 Å². The van der Waals surface area contributed by atoms with Crippen molar-refractivity contribution in [3.05, 3.63) is 48.0 Å². The van der Waals surface area contributed by atoms with Crippen LogP contribution in [0.2, 0.25) is 0 Å². The SMILES string of the molecule is CCCCCCCCCC(C)C=CCc1ccccc1. The molecule has 0 amide bonds. The maximum Gasteiger partial charge on any atom is -0.00974 e. The summed E-state index contributed by atoms with van der Waals surface area (Å²) in [5.74, 6) is 0.731. The second kappa shape index (κ2) is 11.8. The van der Waals surface area contributed by atoms with Gasteiger partial charge in [-0.25, -0.2) is 0 Å². The smallest absolute Gasteiger partial charge is 0.00974 e. The van der Waals surface area contributed by atoms with Gasteiger partial charge in [0.1, 0.15) is 0 Å². The van der Waals surface area contributed by atoms with E-state index in [1.807, 2.05) is 0 Å². The molecule has 0 fully saturated rings. The van der Waals surface area contributed by atoms with Crippen molar-refractivity contribution in [2.45, 2.75) is 71.6 Å². The van der Waals surface area contributed by atoms with Gasteiger partial charge in [0.15, 0.2) is 0 Å². The van der Waals surface area contributed by atoms with Gasteiger partial charge < -0.3 is 0 Å². The Morgan fingerprint density at radius 1 is 0.900 bits per heavy atom. The Morgan fingerprint density at radius 3 is 2.25 bits per heavy atom. The van der Waals surface area contributed by atoms with Crippen molar-refractivity contribution < 1.29 is 0 Å². The van der Waals surface area contributed by atoms with Gasteiger partial charge in [0, 0.05) is 0 Å². The summed E-state index contributed by atoms with van der Waals surface area (Å²) in [4.78, 5) is 0. The Labute approximate surface area is 126 Å². The Balaban J connectivity index is 2.01. The number of hydrogen-bond acceptors (Lipinski definition) is 0. The van der Waals surface area contributed by atoms with E-state index in [-0.39, 0.29) is 0 Å². The van der Waals surface area contributed by atoms with Gasteiger partial charge in [0.25, 0.3) is 0 Å². The minimum absolute atomic E-state index is 0.731. The molecule has 0 aromatic heterocycles. The Bertz CT molecular complexity index is 336. The molecule has 112 valence electrons. The number of benzene rings is 1. The van der Waals surface area contributed by atoms with Gasteiger partial charge in [-0.2, -0.15) is 0 Å². The summed E-state index contributed by atoms with van der Waals surface area (Å²) in [5.41, 5.74) is 1.41. The molecule has 0 saturated carbocycles. The molecule has 0 bridgehead atoms. The fraction of sp³-hybridized carbons (Fsp3) is 0.600. The van der Waals surface area contributed by atoms with E-state index < -0.39 is 0 Å². The van der Waals surface area contributed by atoms with Crippen LogP contribution in [-0.2, 0) is 6.42 Å². The zero-order valence-electron chi connectivity index (χ0n) is 13.5. The number of rotatable bonds is 11. The van der Waals surface area contributed by atoms with Crippen LogP contribution in [-0.4, -0.2) is 0 Å². The molecule has 0 spiro atoms. The van der Waals surface area contributed by atoms with Crippen LogP contribution in [0.5, 0.6) is 0 Å². The van der Waals surface area contributed by atoms with Crippen molar-refractivity contribution in [1.82, 2.24) is 0 Å². The van der Waals surface area contributed by atoms with Crippen molar-refractivity contribution in [3.8, 4) is 0 Å². The fourth-order valence-corrected chi connectivity index (χ4v) is 2.57. The fourth-order valence-electron chi connectivity index (χ4n) is 2.57. The summed E-state index contributed by atoms with van der Waals surface area (Å²) in [5, 5.41) is 0. The van der Waals surface area contributed by atoms with Crippen LogP contribution < -0.4 is 0 Å². The summed E-state index contributed by atoms with van der Waals surface area (Å²) in [6.45, 7) is 4.63. The van der Waals surface area contributed by atoms with E-state index in [4.69, 9.17) is 0 Å². The summed E-state index contributed by atoms with van der Waals surface area (Å²) in [6, 6.07) is 10.7. The van der Waals surface area contributed by atoms with Crippen LogP contribution in [0.1, 0.15) is 70.8 Å². The first-order valence-corrected chi connectivity index (χ1v) is 8.53. The zero-order valence-corrected chi connectivity index (χ0v) is 13.5. The first kappa shape index (κ1) is 17.0. The minimum atomic E-state index is 0.731. The highest BCUT2D eigenvalue weighted by atomic mass is 14.0. The molecule has 1 aromatic carbocycles. The molecule has 0 aliphatic rings. The van der Waals surface area contributed by atoms with Crippen LogP contribution in [0.15, 0.2) is 42.5 Å². The highest BCUT2D eigenvalue weighted by Gasteiger charge is 1.97. The normalized spacial score (nSPS) is 12.9. The van der Waals surface area contributed by atoms with E-state index in [0.29, 0.717) is 0 Å². The lowest BCUT2D eigenvalue weighted by atomic mass is 10.0. The molecular weight excluding hydrogens is 240 g/mol. The summed E-state index contributed by atoms with van der Waals surface area (Å²) < 4.78 is 0. The minimum Gasteiger partial charge on any atom is -0.0854 e.